The van der Waals surface area contributed by atoms with E-state index in [1.54, 1.807) is 0 Å². The molecule has 0 atom stereocenters. The van der Waals surface area contributed by atoms with Crippen LogP contribution in [-0.2, 0) is 17.9 Å². The standard InChI is InChI=1S/C18H26N4O/c1-14(2)21(4)13-18(23)20-11-16-6-5-7-17(10-16)12-22-9-8-19-15(22)3/h5-10,14H,11-13H2,1-4H3,(H,20,23). The highest BCUT2D eigenvalue weighted by atomic mass is 16.2. The van der Waals surface area contributed by atoms with Gasteiger partial charge in [0.2, 0.25) is 5.91 Å². The molecule has 0 fully saturated rings. The lowest BCUT2D eigenvalue weighted by molar-refractivity contribution is -0.122. The van der Waals surface area contributed by atoms with Crippen LogP contribution in [0.4, 0.5) is 0 Å². The minimum Gasteiger partial charge on any atom is -0.351 e. The average Bonchev–Trinajstić information content (AvgIpc) is 2.90. The lowest BCUT2D eigenvalue weighted by Gasteiger charge is -2.20. The zero-order valence-electron chi connectivity index (χ0n) is 14.4. The second-order valence-electron chi connectivity index (χ2n) is 6.21. The van der Waals surface area contributed by atoms with Gasteiger partial charge in [0.05, 0.1) is 6.54 Å². The van der Waals surface area contributed by atoms with Crippen LogP contribution in [-0.4, -0.2) is 40.0 Å². The van der Waals surface area contributed by atoms with Gasteiger partial charge in [0.15, 0.2) is 0 Å². The van der Waals surface area contributed by atoms with E-state index in [-0.39, 0.29) is 5.91 Å². The monoisotopic (exact) mass is 314 g/mol. The number of hydrogen-bond donors (Lipinski definition) is 1. The molecule has 1 amide bonds. The van der Waals surface area contributed by atoms with Gasteiger partial charge in [-0.3, -0.25) is 9.69 Å². The van der Waals surface area contributed by atoms with Gasteiger partial charge in [-0.15, -0.1) is 0 Å². The predicted molar refractivity (Wildman–Crippen MR) is 92.1 cm³/mol. The molecule has 0 aliphatic carbocycles. The van der Waals surface area contributed by atoms with Crippen LogP contribution < -0.4 is 5.32 Å². The van der Waals surface area contributed by atoms with Crippen molar-refractivity contribution in [3.63, 3.8) is 0 Å². The molecule has 1 aromatic heterocycles. The Kier molecular flexibility index (Phi) is 5.93. The van der Waals surface area contributed by atoms with E-state index in [4.69, 9.17) is 0 Å². The molecule has 2 rings (SSSR count). The van der Waals surface area contributed by atoms with Gasteiger partial charge in [0.1, 0.15) is 5.82 Å². The molecule has 124 valence electrons. The van der Waals surface area contributed by atoms with Gasteiger partial charge in [-0.1, -0.05) is 24.3 Å². The maximum absolute atomic E-state index is 12.0. The third kappa shape index (κ3) is 5.21. The number of rotatable bonds is 7. The SMILES string of the molecule is Cc1nccn1Cc1cccc(CNC(=O)CN(C)C(C)C)c1. The topological polar surface area (TPSA) is 50.2 Å². The van der Waals surface area contributed by atoms with E-state index in [0.717, 1.165) is 17.9 Å². The Balaban J connectivity index is 1.90. The molecule has 0 saturated carbocycles. The number of carbonyl (C=O) groups is 1. The molecule has 0 spiro atoms. The molecular weight excluding hydrogens is 288 g/mol. The van der Waals surface area contributed by atoms with Gasteiger partial charge in [-0.25, -0.2) is 4.98 Å². The minimum absolute atomic E-state index is 0.0528. The highest BCUT2D eigenvalue weighted by Gasteiger charge is 2.09. The summed E-state index contributed by atoms with van der Waals surface area (Å²) < 4.78 is 2.11. The number of hydrogen-bond acceptors (Lipinski definition) is 3. The Morgan fingerprint density at radius 1 is 1.35 bits per heavy atom. The van der Waals surface area contributed by atoms with Gasteiger partial charge in [-0.2, -0.15) is 0 Å². The number of nitrogens with zero attached hydrogens (tertiary/aromatic N) is 3. The van der Waals surface area contributed by atoms with E-state index in [1.165, 1.54) is 5.56 Å². The van der Waals surface area contributed by atoms with Crippen LogP contribution in [0.1, 0.15) is 30.8 Å². The van der Waals surface area contributed by atoms with Crippen LogP contribution in [0.5, 0.6) is 0 Å². The van der Waals surface area contributed by atoms with Gasteiger partial charge in [0, 0.05) is 31.5 Å². The Morgan fingerprint density at radius 3 is 2.74 bits per heavy atom. The molecule has 0 unspecified atom stereocenters. The van der Waals surface area contributed by atoms with Crippen LogP contribution in [0.2, 0.25) is 0 Å². The number of carbonyl (C=O) groups excluding carboxylic acids is 1. The first kappa shape index (κ1) is 17.2. The molecule has 1 aromatic carbocycles. The van der Waals surface area contributed by atoms with Crippen LogP contribution in [0.25, 0.3) is 0 Å². The minimum atomic E-state index is 0.0528. The zero-order chi connectivity index (χ0) is 16.8. The number of amides is 1. The van der Waals surface area contributed by atoms with Crippen molar-refractivity contribution in [1.29, 1.82) is 0 Å². The summed E-state index contributed by atoms with van der Waals surface area (Å²) in [7, 11) is 1.96. The first-order valence-corrected chi connectivity index (χ1v) is 7.98. The Morgan fingerprint density at radius 2 is 2.09 bits per heavy atom. The third-order valence-corrected chi connectivity index (χ3v) is 4.03. The van der Waals surface area contributed by atoms with Gasteiger partial charge < -0.3 is 9.88 Å². The summed E-state index contributed by atoms with van der Waals surface area (Å²) >= 11 is 0. The normalized spacial score (nSPS) is 11.2. The molecule has 23 heavy (non-hydrogen) atoms. The summed E-state index contributed by atoms with van der Waals surface area (Å²) in [6.07, 6.45) is 3.79. The lowest BCUT2D eigenvalue weighted by atomic mass is 10.1. The van der Waals surface area contributed by atoms with E-state index in [9.17, 15) is 4.79 Å². The van der Waals surface area contributed by atoms with Crippen LogP contribution in [0.15, 0.2) is 36.7 Å². The molecule has 0 bridgehead atoms. The third-order valence-electron chi connectivity index (χ3n) is 4.03. The Bertz CT molecular complexity index is 648. The molecule has 0 saturated heterocycles. The van der Waals surface area contributed by atoms with Crippen molar-refractivity contribution in [1.82, 2.24) is 19.8 Å². The molecule has 2 aromatic rings. The largest absolute Gasteiger partial charge is 0.351 e. The van der Waals surface area contributed by atoms with Crippen molar-refractivity contribution in [2.24, 2.45) is 0 Å². The van der Waals surface area contributed by atoms with E-state index < -0.39 is 0 Å². The van der Waals surface area contributed by atoms with E-state index in [1.807, 2.05) is 43.4 Å². The van der Waals surface area contributed by atoms with E-state index >= 15 is 0 Å². The Labute approximate surface area is 138 Å². The molecule has 1 N–H and O–H groups in total. The van der Waals surface area contributed by atoms with Crippen molar-refractivity contribution in [3.05, 3.63) is 53.6 Å². The highest BCUT2D eigenvalue weighted by molar-refractivity contribution is 5.78. The number of benzene rings is 1. The van der Waals surface area contributed by atoms with E-state index in [2.05, 4.69) is 40.8 Å². The summed E-state index contributed by atoms with van der Waals surface area (Å²) in [5.74, 6) is 1.05. The van der Waals surface area contributed by atoms with Gasteiger partial charge in [-0.05, 0) is 38.9 Å². The number of aromatic nitrogens is 2. The zero-order valence-corrected chi connectivity index (χ0v) is 14.4. The summed E-state index contributed by atoms with van der Waals surface area (Å²) in [6, 6.07) is 8.66. The molecule has 0 aliphatic rings. The van der Waals surface area contributed by atoms with E-state index in [0.29, 0.717) is 19.1 Å². The maximum Gasteiger partial charge on any atom is 0.234 e. The van der Waals surface area contributed by atoms with Crippen LogP contribution >= 0.6 is 0 Å². The number of likely N-dealkylation sites (N-methyl/N-ethyl adjacent to an activating group) is 1. The lowest BCUT2D eigenvalue weighted by Crippen LogP contribution is -2.38. The number of imidazole rings is 1. The summed E-state index contributed by atoms with van der Waals surface area (Å²) in [5.41, 5.74) is 2.32. The second-order valence-corrected chi connectivity index (χ2v) is 6.21. The fraction of sp³-hybridized carbons (Fsp3) is 0.444. The van der Waals surface area contributed by atoms with Crippen molar-refractivity contribution in [3.8, 4) is 0 Å². The fourth-order valence-corrected chi connectivity index (χ4v) is 2.27. The maximum atomic E-state index is 12.0. The van der Waals surface area contributed by atoms with Crippen molar-refractivity contribution in [2.45, 2.75) is 39.9 Å². The molecule has 1 heterocycles. The summed E-state index contributed by atoms with van der Waals surface area (Å²) in [6.45, 7) is 7.93. The number of nitrogens with one attached hydrogen (secondary N) is 1. The second kappa shape index (κ2) is 7.92. The quantitative estimate of drug-likeness (QED) is 0.852. The fourth-order valence-electron chi connectivity index (χ4n) is 2.27. The molecule has 5 heteroatoms. The smallest absolute Gasteiger partial charge is 0.234 e. The van der Waals surface area contributed by atoms with Gasteiger partial charge >= 0.3 is 0 Å². The first-order valence-electron chi connectivity index (χ1n) is 7.98. The summed E-state index contributed by atoms with van der Waals surface area (Å²) in [5, 5.41) is 2.98. The van der Waals surface area contributed by atoms with Crippen molar-refractivity contribution in [2.75, 3.05) is 13.6 Å². The molecule has 0 radical (unpaired) electrons. The van der Waals surface area contributed by atoms with Crippen LogP contribution in [0, 0.1) is 6.92 Å². The molecule has 0 aliphatic heterocycles. The van der Waals surface area contributed by atoms with Crippen molar-refractivity contribution < 1.29 is 4.79 Å². The molecular formula is C18H26N4O. The Hall–Kier alpha value is -2.14. The number of aryl methyl sites for hydroxylation is 1. The van der Waals surface area contributed by atoms with Crippen molar-refractivity contribution >= 4 is 5.91 Å². The highest BCUT2D eigenvalue weighted by Crippen LogP contribution is 2.08. The van der Waals surface area contributed by atoms with Crippen LogP contribution in [0.3, 0.4) is 0 Å². The average molecular weight is 314 g/mol. The predicted octanol–water partition coefficient (Wildman–Crippen LogP) is 2.20. The summed E-state index contributed by atoms with van der Waals surface area (Å²) in [4.78, 5) is 18.2. The molecule has 5 nitrogen and oxygen atoms in total. The van der Waals surface area contributed by atoms with Gasteiger partial charge in [0.25, 0.3) is 0 Å². The first-order chi connectivity index (χ1) is 11.0.